The zero-order valence-corrected chi connectivity index (χ0v) is 18.0. The van der Waals surface area contributed by atoms with E-state index in [1.165, 1.54) is 25.3 Å². The molecule has 2 rings (SSSR count). The molecule has 0 radical (unpaired) electrons. The Balaban J connectivity index is 2.51. The van der Waals surface area contributed by atoms with Crippen molar-refractivity contribution in [2.75, 3.05) is 13.7 Å². The van der Waals surface area contributed by atoms with Crippen molar-refractivity contribution in [1.29, 1.82) is 0 Å². The van der Waals surface area contributed by atoms with Crippen LogP contribution < -0.4 is 5.32 Å². The van der Waals surface area contributed by atoms with E-state index in [2.05, 4.69) is 10.3 Å². The number of rotatable bonds is 7. The van der Waals surface area contributed by atoms with Crippen LogP contribution in [0.15, 0.2) is 40.5 Å². The van der Waals surface area contributed by atoms with Crippen LogP contribution in [0.3, 0.4) is 0 Å². The molecule has 0 aliphatic carbocycles. The number of hydrogen-bond acceptors (Lipinski definition) is 8. The van der Waals surface area contributed by atoms with Gasteiger partial charge in [-0.2, -0.15) is 0 Å². The minimum absolute atomic E-state index is 0.124. The highest BCUT2D eigenvalue weighted by molar-refractivity contribution is 6.08. The number of esters is 2. The maximum Gasteiger partial charge on any atom is 0.325 e. The summed E-state index contributed by atoms with van der Waals surface area (Å²) in [5.74, 6) is -3.71. The quantitative estimate of drug-likeness (QED) is 0.397. The minimum Gasteiger partial charge on any atom is -0.468 e. The van der Waals surface area contributed by atoms with Crippen molar-refractivity contribution in [1.82, 2.24) is 5.32 Å². The highest BCUT2D eigenvalue weighted by Gasteiger charge is 2.42. The lowest BCUT2D eigenvalue weighted by Gasteiger charge is -2.31. The molecule has 1 aromatic rings. The van der Waals surface area contributed by atoms with Crippen LogP contribution in [0.1, 0.15) is 39.2 Å². The maximum atomic E-state index is 13.0. The molecule has 2 atom stereocenters. The molecular weight excluding hydrogens is 406 g/mol. The van der Waals surface area contributed by atoms with Gasteiger partial charge in [0.25, 0.3) is 5.69 Å². The predicted octanol–water partition coefficient (Wildman–Crippen LogP) is 2.28. The first-order valence-corrected chi connectivity index (χ1v) is 9.62. The fourth-order valence-corrected chi connectivity index (χ4v) is 3.51. The standard InChI is InChI=1S/C21H25N3O7/c1-11(2)31-16(25)10-22-20(26)17-12(3)23-13(4)18(21(27)30-5)19(17)14-7-6-8-15(9-14)24(28)29/h6-9,11,18-19H,10H2,1-5H3,(H,22,26). The summed E-state index contributed by atoms with van der Waals surface area (Å²) < 4.78 is 9.93. The number of nitro groups is 1. The van der Waals surface area contributed by atoms with Gasteiger partial charge in [-0.1, -0.05) is 12.1 Å². The number of non-ortho nitro benzene ring substituents is 1. The van der Waals surface area contributed by atoms with Crippen LogP contribution in [0.4, 0.5) is 5.69 Å². The lowest BCUT2D eigenvalue weighted by atomic mass is 9.75. The Morgan fingerprint density at radius 3 is 2.52 bits per heavy atom. The van der Waals surface area contributed by atoms with E-state index >= 15 is 0 Å². The monoisotopic (exact) mass is 431 g/mol. The van der Waals surface area contributed by atoms with Gasteiger partial charge in [0.1, 0.15) is 12.5 Å². The number of nitrogens with one attached hydrogen (secondary N) is 1. The van der Waals surface area contributed by atoms with Gasteiger partial charge in [-0.15, -0.1) is 0 Å². The second kappa shape index (κ2) is 9.96. The third-order valence-corrected chi connectivity index (χ3v) is 4.73. The lowest BCUT2D eigenvalue weighted by molar-refractivity contribution is -0.384. The summed E-state index contributed by atoms with van der Waals surface area (Å²) in [6.45, 7) is 6.22. The predicted molar refractivity (Wildman–Crippen MR) is 111 cm³/mol. The van der Waals surface area contributed by atoms with Gasteiger partial charge in [0.2, 0.25) is 5.91 Å². The molecule has 0 saturated carbocycles. The molecule has 1 heterocycles. The summed E-state index contributed by atoms with van der Waals surface area (Å²) in [5.41, 5.74) is 1.08. The zero-order chi connectivity index (χ0) is 23.3. The SMILES string of the molecule is COC(=O)C1C(C)=NC(C)=C(C(=O)NCC(=O)OC(C)C)C1c1cccc([N+](=O)[O-])c1. The molecule has 1 N–H and O–H groups in total. The number of nitro benzene ring substituents is 1. The van der Waals surface area contributed by atoms with Gasteiger partial charge >= 0.3 is 11.9 Å². The molecule has 0 aromatic heterocycles. The van der Waals surface area contributed by atoms with Crippen molar-refractivity contribution in [3.63, 3.8) is 0 Å². The largest absolute Gasteiger partial charge is 0.468 e. The highest BCUT2D eigenvalue weighted by Crippen LogP contribution is 2.40. The molecule has 0 saturated heterocycles. The molecule has 0 spiro atoms. The second-order valence-electron chi connectivity index (χ2n) is 7.30. The Labute approximate surface area is 179 Å². The first-order chi connectivity index (χ1) is 14.6. The fraction of sp³-hybridized carbons (Fsp3) is 0.429. The molecule has 31 heavy (non-hydrogen) atoms. The van der Waals surface area contributed by atoms with Crippen LogP contribution in [0.5, 0.6) is 0 Å². The van der Waals surface area contributed by atoms with Crippen molar-refractivity contribution in [3.05, 3.63) is 51.2 Å². The van der Waals surface area contributed by atoms with E-state index in [0.717, 1.165) is 0 Å². The van der Waals surface area contributed by atoms with Gasteiger partial charge in [0, 0.05) is 35.0 Å². The van der Waals surface area contributed by atoms with E-state index < -0.39 is 34.6 Å². The molecule has 0 fully saturated rings. The Kier molecular flexibility index (Phi) is 7.62. The second-order valence-corrected chi connectivity index (χ2v) is 7.30. The van der Waals surface area contributed by atoms with E-state index in [1.54, 1.807) is 33.8 Å². The van der Waals surface area contributed by atoms with E-state index in [4.69, 9.17) is 9.47 Å². The molecule has 1 amide bonds. The third-order valence-electron chi connectivity index (χ3n) is 4.73. The zero-order valence-electron chi connectivity index (χ0n) is 18.0. The molecule has 10 nitrogen and oxygen atoms in total. The molecule has 1 aromatic carbocycles. The van der Waals surface area contributed by atoms with Crippen LogP contribution in [0, 0.1) is 16.0 Å². The molecule has 2 unspecified atom stereocenters. The highest BCUT2D eigenvalue weighted by atomic mass is 16.6. The minimum atomic E-state index is -0.959. The summed E-state index contributed by atoms with van der Waals surface area (Å²) >= 11 is 0. The van der Waals surface area contributed by atoms with Crippen LogP contribution in [-0.4, -0.2) is 48.2 Å². The third kappa shape index (κ3) is 5.53. The average molecular weight is 431 g/mol. The maximum absolute atomic E-state index is 13.0. The average Bonchev–Trinajstić information content (AvgIpc) is 2.70. The summed E-state index contributed by atoms with van der Waals surface area (Å²) in [7, 11) is 1.22. The number of ether oxygens (including phenoxy) is 2. The molecule has 10 heteroatoms. The van der Waals surface area contributed by atoms with E-state index in [9.17, 15) is 24.5 Å². The number of aliphatic imine (C=N–C) groups is 1. The molecule has 166 valence electrons. The van der Waals surface area contributed by atoms with Crippen LogP contribution >= 0.6 is 0 Å². The molecule has 1 aliphatic heterocycles. The summed E-state index contributed by atoms with van der Waals surface area (Å²) in [6, 6.07) is 5.71. The Bertz CT molecular complexity index is 965. The summed E-state index contributed by atoms with van der Waals surface area (Å²) in [6.07, 6.45) is -0.339. The van der Waals surface area contributed by atoms with Crippen LogP contribution in [0.25, 0.3) is 0 Å². The van der Waals surface area contributed by atoms with Crippen LogP contribution in [-0.2, 0) is 23.9 Å². The first-order valence-electron chi connectivity index (χ1n) is 9.62. The van der Waals surface area contributed by atoms with Crippen molar-refractivity contribution in [2.24, 2.45) is 10.9 Å². The number of nitrogens with zero attached hydrogens (tertiary/aromatic N) is 2. The van der Waals surface area contributed by atoms with E-state index in [1.807, 2.05) is 0 Å². The summed E-state index contributed by atoms with van der Waals surface area (Å²) in [4.78, 5) is 52.5. The van der Waals surface area contributed by atoms with Gasteiger partial charge in [-0.25, -0.2) is 0 Å². The molecule has 1 aliphatic rings. The number of methoxy groups -OCH3 is 1. The van der Waals surface area contributed by atoms with Gasteiger partial charge in [-0.3, -0.25) is 29.5 Å². The first kappa shape index (κ1) is 23.7. The molecule has 0 bridgehead atoms. The Hall–Kier alpha value is -3.56. The Morgan fingerprint density at radius 1 is 1.26 bits per heavy atom. The normalized spacial score (nSPS) is 18.3. The number of carbonyl (C=O) groups excluding carboxylic acids is 3. The number of benzene rings is 1. The van der Waals surface area contributed by atoms with Crippen molar-refractivity contribution in [2.45, 2.75) is 39.7 Å². The lowest BCUT2D eigenvalue weighted by Crippen LogP contribution is -2.40. The smallest absolute Gasteiger partial charge is 0.325 e. The van der Waals surface area contributed by atoms with Crippen molar-refractivity contribution < 1.29 is 28.8 Å². The molecular formula is C21H25N3O7. The van der Waals surface area contributed by atoms with Gasteiger partial charge in [0.15, 0.2) is 0 Å². The number of amides is 1. The van der Waals surface area contributed by atoms with Crippen molar-refractivity contribution >= 4 is 29.2 Å². The van der Waals surface area contributed by atoms with E-state index in [-0.39, 0.29) is 23.9 Å². The van der Waals surface area contributed by atoms with Gasteiger partial charge in [-0.05, 0) is 33.3 Å². The number of carbonyl (C=O) groups is 3. The van der Waals surface area contributed by atoms with Crippen LogP contribution in [0.2, 0.25) is 0 Å². The van der Waals surface area contributed by atoms with E-state index in [0.29, 0.717) is 17.0 Å². The van der Waals surface area contributed by atoms with Crippen molar-refractivity contribution in [3.8, 4) is 0 Å². The topological polar surface area (TPSA) is 137 Å². The van der Waals surface area contributed by atoms with Gasteiger partial charge < -0.3 is 14.8 Å². The summed E-state index contributed by atoms with van der Waals surface area (Å²) in [5, 5.41) is 13.8. The van der Waals surface area contributed by atoms with Gasteiger partial charge in [0.05, 0.1) is 18.1 Å². The Morgan fingerprint density at radius 2 is 1.94 bits per heavy atom. The number of allylic oxidation sites excluding steroid dienone is 1. The number of hydrogen-bond donors (Lipinski definition) is 1. The fourth-order valence-electron chi connectivity index (χ4n) is 3.51.